The van der Waals surface area contributed by atoms with E-state index in [-0.39, 0.29) is 5.91 Å². The molecule has 0 saturated carbocycles. The van der Waals surface area contributed by atoms with E-state index >= 15 is 0 Å². The molecule has 0 atom stereocenters. The summed E-state index contributed by atoms with van der Waals surface area (Å²) in [7, 11) is 0. The monoisotopic (exact) mass is 533 g/mol. The second-order valence-electron chi connectivity index (χ2n) is 8.91. The van der Waals surface area contributed by atoms with Gasteiger partial charge in [-0.05, 0) is 92.8 Å². The SMILES string of the molecule is Cc1cc(C)cc(OCCCCn2c(CCCNC(=O)c3ccc(Br)cc3)nc3ccccc32)c1. The van der Waals surface area contributed by atoms with Gasteiger partial charge in [0, 0.05) is 29.5 Å². The third-order valence-corrected chi connectivity index (χ3v) is 6.47. The van der Waals surface area contributed by atoms with Gasteiger partial charge < -0.3 is 14.6 Å². The van der Waals surface area contributed by atoms with Crippen LogP contribution in [0.1, 0.15) is 46.6 Å². The zero-order valence-corrected chi connectivity index (χ0v) is 22.0. The van der Waals surface area contributed by atoms with Crippen molar-refractivity contribution in [1.82, 2.24) is 14.9 Å². The Kier molecular flexibility index (Phi) is 8.59. The van der Waals surface area contributed by atoms with Gasteiger partial charge >= 0.3 is 0 Å². The van der Waals surface area contributed by atoms with Crippen molar-refractivity contribution in [3.05, 3.63) is 93.7 Å². The molecule has 0 fully saturated rings. The number of fused-ring (bicyclic) bond motifs is 1. The van der Waals surface area contributed by atoms with Crippen LogP contribution in [-0.4, -0.2) is 28.6 Å². The van der Waals surface area contributed by atoms with Crippen LogP contribution in [-0.2, 0) is 13.0 Å². The number of ether oxygens (including phenoxy) is 1. The van der Waals surface area contributed by atoms with E-state index in [9.17, 15) is 4.79 Å². The van der Waals surface area contributed by atoms with Crippen molar-refractivity contribution >= 4 is 32.9 Å². The maximum atomic E-state index is 12.4. The summed E-state index contributed by atoms with van der Waals surface area (Å²) in [6.07, 6.45) is 3.64. The number of halogens is 1. The van der Waals surface area contributed by atoms with Gasteiger partial charge in [0.1, 0.15) is 11.6 Å². The number of carbonyl (C=O) groups excluding carboxylic acids is 1. The van der Waals surface area contributed by atoms with Crippen LogP contribution in [0.3, 0.4) is 0 Å². The van der Waals surface area contributed by atoms with Crippen LogP contribution in [0, 0.1) is 13.8 Å². The molecule has 1 aromatic heterocycles. The van der Waals surface area contributed by atoms with Crippen molar-refractivity contribution < 1.29 is 9.53 Å². The molecular weight excluding hydrogens is 502 g/mol. The van der Waals surface area contributed by atoms with E-state index in [1.165, 1.54) is 11.1 Å². The fraction of sp³-hybridized carbons (Fsp3) is 0.310. The average Bonchev–Trinajstić information content (AvgIpc) is 3.18. The Labute approximate surface area is 215 Å². The third-order valence-electron chi connectivity index (χ3n) is 5.94. The lowest BCUT2D eigenvalue weighted by molar-refractivity contribution is 0.0953. The summed E-state index contributed by atoms with van der Waals surface area (Å²) in [4.78, 5) is 17.2. The smallest absolute Gasteiger partial charge is 0.251 e. The van der Waals surface area contributed by atoms with Gasteiger partial charge in [-0.1, -0.05) is 34.1 Å². The van der Waals surface area contributed by atoms with Gasteiger partial charge in [0.2, 0.25) is 0 Å². The van der Waals surface area contributed by atoms with Crippen molar-refractivity contribution in [3.8, 4) is 5.75 Å². The number of aryl methyl sites for hydroxylation is 4. The van der Waals surface area contributed by atoms with E-state index in [1.807, 2.05) is 30.3 Å². The number of rotatable bonds is 11. The molecule has 1 amide bonds. The number of nitrogens with zero attached hydrogens (tertiary/aromatic N) is 2. The fourth-order valence-corrected chi connectivity index (χ4v) is 4.56. The van der Waals surface area contributed by atoms with E-state index in [2.05, 4.69) is 76.1 Å². The molecule has 0 bridgehead atoms. The minimum absolute atomic E-state index is 0.0465. The Morgan fingerprint density at radius 3 is 2.49 bits per heavy atom. The first kappa shape index (κ1) is 25.0. The maximum Gasteiger partial charge on any atom is 0.251 e. The lowest BCUT2D eigenvalue weighted by Gasteiger charge is -2.11. The molecule has 35 heavy (non-hydrogen) atoms. The summed E-state index contributed by atoms with van der Waals surface area (Å²) >= 11 is 3.40. The molecule has 3 aromatic carbocycles. The Hall–Kier alpha value is -3.12. The minimum Gasteiger partial charge on any atom is -0.494 e. The van der Waals surface area contributed by atoms with Crippen LogP contribution in [0.2, 0.25) is 0 Å². The van der Waals surface area contributed by atoms with E-state index < -0.39 is 0 Å². The topological polar surface area (TPSA) is 56.1 Å². The Morgan fingerprint density at radius 2 is 1.71 bits per heavy atom. The number of nitrogens with one attached hydrogen (secondary N) is 1. The predicted molar refractivity (Wildman–Crippen MR) is 145 cm³/mol. The number of imidazole rings is 1. The first-order chi connectivity index (χ1) is 17.0. The highest BCUT2D eigenvalue weighted by molar-refractivity contribution is 9.10. The van der Waals surface area contributed by atoms with Crippen molar-refractivity contribution in [1.29, 1.82) is 0 Å². The summed E-state index contributed by atoms with van der Waals surface area (Å²) in [5.74, 6) is 1.97. The van der Waals surface area contributed by atoms with E-state index in [4.69, 9.17) is 9.72 Å². The number of para-hydroxylation sites is 2. The largest absolute Gasteiger partial charge is 0.494 e. The molecule has 0 radical (unpaired) electrons. The van der Waals surface area contributed by atoms with Crippen LogP contribution < -0.4 is 10.1 Å². The van der Waals surface area contributed by atoms with Gasteiger partial charge in [0.05, 0.1) is 17.6 Å². The molecule has 6 heteroatoms. The zero-order valence-electron chi connectivity index (χ0n) is 20.4. The first-order valence-electron chi connectivity index (χ1n) is 12.2. The minimum atomic E-state index is -0.0465. The molecule has 0 aliphatic carbocycles. The summed E-state index contributed by atoms with van der Waals surface area (Å²) < 4.78 is 9.27. The highest BCUT2D eigenvalue weighted by atomic mass is 79.9. The number of amides is 1. The molecular formula is C29H32BrN3O2. The lowest BCUT2D eigenvalue weighted by atomic mass is 10.1. The molecule has 1 heterocycles. The van der Waals surface area contributed by atoms with E-state index in [0.717, 1.165) is 59.3 Å². The molecule has 0 spiro atoms. The van der Waals surface area contributed by atoms with Crippen molar-refractivity contribution in [3.63, 3.8) is 0 Å². The fourth-order valence-electron chi connectivity index (χ4n) is 4.30. The molecule has 0 saturated heterocycles. The molecule has 182 valence electrons. The summed E-state index contributed by atoms with van der Waals surface area (Å²) in [5.41, 5.74) is 5.30. The van der Waals surface area contributed by atoms with Crippen LogP contribution in [0.25, 0.3) is 11.0 Å². The number of hydrogen-bond donors (Lipinski definition) is 1. The van der Waals surface area contributed by atoms with E-state index in [0.29, 0.717) is 18.7 Å². The van der Waals surface area contributed by atoms with Gasteiger partial charge in [0.15, 0.2) is 0 Å². The zero-order chi connectivity index (χ0) is 24.6. The van der Waals surface area contributed by atoms with Crippen LogP contribution in [0.4, 0.5) is 0 Å². The predicted octanol–water partition coefficient (Wildman–Crippen LogP) is 6.64. The van der Waals surface area contributed by atoms with Crippen LogP contribution >= 0.6 is 15.9 Å². The van der Waals surface area contributed by atoms with Gasteiger partial charge in [0.25, 0.3) is 5.91 Å². The number of unbranched alkanes of at least 4 members (excludes halogenated alkanes) is 1. The molecule has 5 nitrogen and oxygen atoms in total. The molecule has 0 aliphatic heterocycles. The molecule has 1 N–H and O–H groups in total. The van der Waals surface area contributed by atoms with Gasteiger partial charge in [-0.3, -0.25) is 4.79 Å². The second-order valence-corrected chi connectivity index (χ2v) is 9.83. The van der Waals surface area contributed by atoms with Gasteiger partial charge in [-0.2, -0.15) is 0 Å². The second kappa shape index (κ2) is 12.0. The summed E-state index contributed by atoms with van der Waals surface area (Å²) in [5, 5.41) is 3.02. The summed E-state index contributed by atoms with van der Waals surface area (Å²) in [6, 6.07) is 22.0. The molecule has 0 aliphatic rings. The molecule has 4 aromatic rings. The normalized spacial score (nSPS) is 11.1. The maximum absolute atomic E-state index is 12.4. The molecule has 0 unspecified atom stereocenters. The van der Waals surface area contributed by atoms with Crippen LogP contribution in [0.5, 0.6) is 5.75 Å². The van der Waals surface area contributed by atoms with Crippen molar-refractivity contribution in [2.45, 2.75) is 46.1 Å². The number of aromatic nitrogens is 2. The Morgan fingerprint density at radius 1 is 0.971 bits per heavy atom. The Bertz CT molecular complexity index is 1260. The summed E-state index contributed by atoms with van der Waals surface area (Å²) in [6.45, 7) is 6.40. The number of benzene rings is 3. The van der Waals surface area contributed by atoms with Gasteiger partial charge in [-0.15, -0.1) is 0 Å². The van der Waals surface area contributed by atoms with Gasteiger partial charge in [-0.25, -0.2) is 4.98 Å². The van der Waals surface area contributed by atoms with E-state index in [1.54, 1.807) is 0 Å². The first-order valence-corrected chi connectivity index (χ1v) is 13.0. The highest BCUT2D eigenvalue weighted by Crippen LogP contribution is 2.19. The third kappa shape index (κ3) is 6.95. The van der Waals surface area contributed by atoms with Crippen LogP contribution in [0.15, 0.2) is 71.2 Å². The standard InChI is InChI=1S/C29H32BrN3O2/c1-21-18-22(2)20-25(19-21)35-17-6-5-16-33-27-9-4-3-8-26(27)32-28(33)10-7-15-31-29(34)23-11-13-24(30)14-12-23/h3-4,8-9,11-14,18-20H,5-7,10,15-17H2,1-2H3,(H,31,34). The quantitative estimate of drug-likeness (QED) is 0.220. The Balaban J connectivity index is 1.29. The number of hydrogen-bond acceptors (Lipinski definition) is 3. The molecule has 4 rings (SSSR count). The lowest BCUT2D eigenvalue weighted by Crippen LogP contribution is -2.25. The highest BCUT2D eigenvalue weighted by Gasteiger charge is 2.11. The average molecular weight is 534 g/mol. The van der Waals surface area contributed by atoms with Crippen molar-refractivity contribution in [2.75, 3.05) is 13.2 Å². The van der Waals surface area contributed by atoms with Crippen molar-refractivity contribution in [2.24, 2.45) is 0 Å². The number of carbonyl (C=O) groups is 1.